The molecule has 0 spiro atoms. The number of rotatable bonds is 6. The SMILES string of the molecule is [N-]=C=C(/C(=N\N=C(/C(=O)O)c1ccccc1)c1ccccc1)c1ccccc1. The molecule has 3 aromatic carbocycles. The molecule has 0 atom stereocenters. The first-order valence-electron chi connectivity index (χ1n) is 8.53. The Labute approximate surface area is 162 Å². The van der Waals surface area contributed by atoms with Gasteiger partial charge in [-0.1, -0.05) is 91.0 Å². The summed E-state index contributed by atoms with van der Waals surface area (Å²) < 4.78 is 0. The summed E-state index contributed by atoms with van der Waals surface area (Å²) >= 11 is 0. The monoisotopic (exact) mass is 366 g/mol. The predicted molar refractivity (Wildman–Crippen MR) is 112 cm³/mol. The van der Waals surface area contributed by atoms with Gasteiger partial charge in [-0.25, -0.2) is 4.79 Å². The van der Waals surface area contributed by atoms with Gasteiger partial charge in [0.25, 0.3) is 0 Å². The van der Waals surface area contributed by atoms with Gasteiger partial charge in [-0.2, -0.15) is 0 Å². The van der Waals surface area contributed by atoms with Gasteiger partial charge in [0.15, 0.2) is 5.71 Å². The van der Waals surface area contributed by atoms with E-state index in [1.807, 2.05) is 36.4 Å². The zero-order valence-corrected chi connectivity index (χ0v) is 14.9. The van der Waals surface area contributed by atoms with Gasteiger partial charge in [-0.3, -0.25) is 5.87 Å². The van der Waals surface area contributed by atoms with Crippen LogP contribution >= 0.6 is 0 Å². The fraction of sp³-hybridized carbons (Fsp3) is 0. The normalized spacial score (nSPS) is 11.6. The van der Waals surface area contributed by atoms with Crippen LogP contribution in [-0.2, 0) is 4.79 Å². The van der Waals surface area contributed by atoms with Gasteiger partial charge in [0.1, 0.15) is 5.71 Å². The Kier molecular flexibility index (Phi) is 6.03. The zero-order chi connectivity index (χ0) is 19.8. The molecule has 0 aliphatic rings. The van der Waals surface area contributed by atoms with E-state index >= 15 is 0 Å². The lowest BCUT2D eigenvalue weighted by atomic mass is 9.97. The van der Waals surface area contributed by atoms with Crippen LogP contribution < -0.4 is 0 Å². The van der Waals surface area contributed by atoms with Crippen LogP contribution in [0.4, 0.5) is 0 Å². The van der Waals surface area contributed by atoms with Gasteiger partial charge in [0.05, 0.1) is 0 Å². The highest BCUT2D eigenvalue weighted by Crippen LogP contribution is 2.19. The minimum Gasteiger partial charge on any atom is -0.763 e. The molecule has 5 nitrogen and oxygen atoms in total. The number of allylic oxidation sites excluding steroid dienone is 1. The molecule has 136 valence electrons. The number of carboxylic acid groups (broad SMARTS) is 1. The molecule has 0 aliphatic carbocycles. The fourth-order valence-corrected chi connectivity index (χ4v) is 2.63. The molecule has 0 heterocycles. The van der Waals surface area contributed by atoms with Gasteiger partial charge in [-0.05, 0) is 5.56 Å². The maximum absolute atomic E-state index is 11.7. The van der Waals surface area contributed by atoms with E-state index in [0.717, 1.165) is 0 Å². The topological polar surface area (TPSA) is 84.3 Å². The quantitative estimate of drug-likeness (QED) is 0.521. The van der Waals surface area contributed by atoms with Crippen LogP contribution in [0.15, 0.2) is 101 Å². The molecule has 5 heteroatoms. The van der Waals surface area contributed by atoms with Crippen molar-refractivity contribution in [1.82, 2.24) is 0 Å². The van der Waals surface area contributed by atoms with E-state index in [1.54, 1.807) is 54.6 Å². The Bertz CT molecular complexity index is 1070. The van der Waals surface area contributed by atoms with Crippen LogP contribution in [-0.4, -0.2) is 28.4 Å². The van der Waals surface area contributed by atoms with Crippen LogP contribution in [0, 0.1) is 0 Å². The lowest BCUT2D eigenvalue weighted by molar-refractivity contribution is -0.129. The standard InChI is InChI=1S/C23H16N3O2/c24-16-20(17-10-4-1-5-11-17)21(18-12-6-2-7-13-18)25-26-22(23(27)28)19-14-8-3-9-15-19/h1-15H,(H,27,28)/q-1/b25-21-,26-22-. The van der Waals surface area contributed by atoms with Crippen LogP contribution in [0.3, 0.4) is 0 Å². The molecule has 0 radical (unpaired) electrons. The predicted octanol–water partition coefficient (Wildman–Crippen LogP) is 4.29. The second-order valence-electron chi connectivity index (χ2n) is 5.79. The van der Waals surface area contributed by atoms with Gasteiger partial charge in [0, 0.05) is 16.7 Å². The molecule has 3 aromatic rings. The van der Waals surface area contributed by atoms with Crippen molar-refractivity contribution in [3.63, 3.8) is 0 Å². The number of carboxylic acids is 1. The van der Waals surface area contributed by atoms with E-state index in [1.165, 1.54) is 0 Å². The Balaban J connectivity index is 2.16. The van der Waals surface area contributed by atoms with Crippen molar-refractivity contribution in [1.29, 1.82) is 0 Å². The summed E-state index contributed by atoms with van der Waals surface area (Å²) in [7, 11) is 0. The minimum absolute atomic E-state index is 0.195. The van der Waals surface area contributed by atoms with Crippen molar-refractivity contribution in [2.75, 3.05) is 0 Å². The van der Waals surface area contributed by atoms with Crippen molar-refractivity contribution in [2.24, 2.45) is 10.2 Å². The van der Waals surface area contributed by atoms with Crippen LogP contribution in [0.2, 0.25) is 0 Å². The summed E-state index contributed by atoms with van der Waals surface area (Å²) in [6.07, 6.45) is 0. The number of hydrogen-bond donors (Lipinski definition) is 1. The lowest BCUT2D eigenvalue weighted by Gasteiger charge is -2.10. The largest absolute Gasteiger partial charge is 0.763 e. The second kappa shape index (κ2) is 9.03. The van der Waals surface area contributed by atoms with Crippen LogP contribution in [0.25, 0.3) is 11.0 Å². The minimum atomic E-state index is -1.19. The Hall–Kier alpha value is -4.08. The first-order valence-corrected chi connectivity index (χ1v) is 8.53. The third-order valence-electron chi connectivity index (χ3n) is 3.96. The molecule has 0 bridgehead atoms. The molecule has 0 aliphatic heterocycles. The van der Waals surface area contributed by atoms with E-state index in [-0.39, 0.29) is 5.71 Å². The summed E-state index contributed by atoms with van der Waals surface area (Å²) in [5.74, 6) is 0.985. The highest BCUT2D eigenvalue weighted by molar-refractivity contribution is 6.43. The molecule has 3 rings (SSSR count). The maximum Gasteiger partial charge on any atom is 0.357 e. The smallest absolute Gasteiger partial charge is 0.357 e. The molecule has 0 saturated heterocycles. The fourth-order valence-electron chi connectivity index (χ4n) is 2.63. The highest BCUT2D eigenvalue weighted by atomic mass is 16.4. The van der Waals surface area contributed by atoms with Crippen LogP contribution in [0.1, 0.15) is 16.7 Å². The molecular formula is C23H16N3O2-. The number of carbonyl (C=O) groups is 1. The maximum atomic E-state index is 11.7. The third kappa shape index (κ3) is 4.36. The summed E-state index contributed by atoms with van der Waals surface area (Å²) in [5, 5.41) is 27.5. The number of benzene rings is 3. The molecule has 0 unspecified atom stereocenters. The molecular weight excluding hydrogens is 350 g/mol. The Morgan fingerprint density at radius 2 is 1.07 bits per heavy atom. The molecule has 0 fully saturated rings. The van der Waals surface area contributed by atoms with Crippen LogP contribution in [0.5, 0.6) is 0 Å². The Morgan fingerprint density at radius 1 is 0.679 bits per heavy atom. The lowest BCUT2D eigenvalue weighted by Crippen LogP contribution is -2.14. The molecule has 28 heavy (non-hydrogen) atoms. The van der Waals surface area contributed by atoms with Crippen molar-refractivity contribution < 1.29 is 9.90 Å². The second-order valence-corrected chi connectivity index (χ2v) is 5.79. The van der Waals surface area contributed by atoms with Gasteiger partial charge < -0.3 is 10.5 Å². The van der Waals surface area contributed by atoms with E-state index in [9.17, 15) is 15.3 Å². The Morgan fingerprint density at radius 3 is 1.50 bits per heavy atom. The molecule has 0 saturated carbocycles. The van der Waals surface area contributed by atoms with Crippen molar-refractivity contribution in [2.45, 2.75) is 0 Å². The van der Waals surface area contributed by atoms with E-state index in [0.29, 0.717) is 28.0 Å². The highest BCUT2D eigenvalue weighted by Gasteiger charge is 2.14. The molecule has 1 N–H and O–H groups in total. The number of aliphatic carboxylic acids is 1. The summed E-state index contributed by atoms with van der Waals surface area (Å²) in [5.41, 5.74) is 2.21. The first kappa shape index (κ1) is 18.7. The summed E-state index contributed by atoms with van der Waals surface area (Å²) in [6.45, 7) is 0. The summed E-state index contributed by atoms with van der Waals surface area (Å²) in [4.78, 5) is 11.7. The van der Waals surface area contributed by atoms with E-state index in [2.05, 4.69) is 16.1 Å². The van der Waals surface area contributed by atoms with Gasteiger partial charge in [-0.15, -0.1) is 10.2 Å². The van der Waals surface area contributed by atoms with E-state index in [4.69, 9.17) is 0 Å². The first-order chi connectivity index (χ1) is 13.7. The molecule has 0 aromatic heterocycles. The summed E-state index contributed by atoms with van der Waals surface area (Å²) in [6, 6.07) is 26.8. The van der Waals surface area contributed by atoms with E-state index < -0.39 is 5.97 Å². The number of hydrogen-bond acceptors (Lipinski definition) is 3. The van der Waals surface area contributed by atoms with Crippen molar-refractivity contribution in [3.8, 4) is 0 Å². The van der Waals surface area contributed by atoms with Crippen molar-refractivity contribution in [3.05, 3.63) is 113 Å². The number of nitrogens with zero attached hydrogens (tertiary/aromatic N) is 3. The van der Waals surface area contributed by atoms with Crippen molar-refractivity contribution >= 4 is 28.8 Å². The average Bonchev–Trinajstić information content (AvgIpc) is 2.75. The average molecular weight is 366 g/mol. The van der Waals surface area contributed by atoms with Gasteiger partial charge in [0.2, 0.25) is 0 Å². The van der Waals surface area contributed by atoms with Gasteiger partial charge >= 0.3 is 5.97 Å². The third-order valence-corrected chi connectivity index (χ3v) is 3.96. The zero-order valence-electron chi connectivity index (χ0n) is 14.9. The molecule has 0 amide bonds.